The second-order valence-electron chi connectivity index (χ2n) is 4.84. The van der Waals surface area contributed by atoms with E-state index in [2.05, 4.69) is 11.0 Å². The molecule has 0 radical (unpaired) electrons. The number of hydrogen-bond donors (Lipinski definition) is 0. The molecule has 0 spiro atoms. The summed E-state index contributed by atoms with van der Waals surface area (Å²) in [6.45, 7) is 6.01. The summed E-state index contributed by atoms with van der Waals surface area (Å²) in [5.41, 5.74) is 2.93. The highest BCUT2D eigenvalue weighted by Gasteiger charge is 2.12. The van der Waals surface area contributed by atoms with E-state index in [1.165, 1.54) is 0 Å². The molecule has 0 bridgehead atoms. The van der Waals surface area contributed by atoms with E-state index in [9.17, 15) is 4.79 Å². The molecular weight excluding hydrogens is 238 g/mol. The van der Waals surface area contributed by atoms with E-state index in [1.807, 2.05) is 32.0 Å². The number of nitrogens with zero attached hydrogens (tertiary/aromatic N) is 3. The number of carbonyl (C=O) groups is 1. The molecule has 0 heterocycles. The summed E-state index contributed by atoms with van der Waals surface area (Å²) < 4.78 is 0. The molecule has 4 heteroatoms. The summed E-state index contributed by atoms with van der Waals surface area (Å²) >= 11 is 0. The van der Waals surface area contributed by atoms with Crippen LogP contribution in [0.25, 0.3) is 0 Å². The van der Waals surface area contributed by atoms with Gasteiger partial charge in [-0.2, -0.15) is 5.26 Å². The minimum absolute atomic E-state index is 0.105. The van der Waals surface area contributed by atoms with Crippen molar-refractivity contribution in [3.8, 4) is 6.07 Å². The van der Waals surface area contributed by atoms with E-state index >= 15 is 0 Å². The lowest BCUT2D eigenvalue weighted by Crippen LogP contribution is -2.36. The molecule has 0 aliphatic heterocycles. The Bertz CT molecular complexity index is 489. The van der Waals surface area contributed by atoms with E-state index < -0.39 is 0 Å². The Morgan fingerprint density at radius 2 is 2.05 bits per heavy atom. The fourth-order valence-electron chi connectivity index (χ4n) is 1.80. The van der Waals surface area contributed by atoms with Crippen molar-refractivity contribution in [1.29, 1.82) is 5.26 Å². The molecule has 1 rings (SSSR count). The number of nitriles is 1. The molecule has 0 saturated carbocycles. The molecule has 0 saturated heterocycles. The lowest BCUT2D eigenvalue weighted by Gasteiger charge is -2.22. The summed E-state index contributed by atoms with van der Waals surface area (Å²) in [4.78, 5) is 15.4. The van der Waals surface area contributed by atoms with E-state index in [1.54, 1.807) is 19.0 Å². The maximum atomic E-state index is 11.7. The van der Waals surface area contributed by atoms with Gasteiger partial charge in [0.1, 0.15) is 0 Å². The number of rotatable bonds is 5. The Balaban J connectivity index is 2.76. The second kappa shape index (κ2) is 6.91. The zero-order chi connectivity index (χ0) is 14.4. The van der Waals surface area contributed by atoms with Crippen LogP contribution >= 0.6 is 0 Å². The van der Waals surface area contributed by atoms with Gasteiger partial charge in [-0.05, 0) is 36.7 Å². The third-order valence-electron chi connectivity index (χ3n) is 3.17. The van der Waals surface area contributed by atoms with Gasteiger partial charge in [-0.15, -0.1) is 0 Å². The third kappa shape index (κ3) is 4.38. The molecule has 1 aromatic carbocycles. The molecule has 102 valence electrons. The van der Waals surface area contributed by atoms with Gasteiger partial charge in [-0.1, -0.05) is 13.0 Å². The van der Waals surface area contributed by atoms with Crippen molar-refractivity contribution >= 4 is 5.91 Å². The van der Waals surface area contributed by atoms with E-state index in [0.717, 1.165) is 24.2 Å². The summed E-state index contributed by atoms with van der Waals surface area (Å²) in [6.07, 6.45) is 0. The van der Waals surface area contributed by atoms with Gasteiger partial charge in [-0.3, -0.25) is 9.69 Å². The van der Waals surface area contributed by atoms with Crippen molar-refractivity contribution in [1.82, 2.24) is 9.80 Å². The Morgan fingerprint density at radius 3 is 2.53 bits per heavy atom. The second-order valence-corrected chi connectivity index (χ2v) is 4.84. The predicted octanol–water partition coefficient (Wildman–Crippen LogP) is 1.78. The van der Waals surface area contributed by atoms with Gasteiger partial charge in [0.05, 0.1) is 18.2 Å². The van der Waals surface area contributed by atoms with Crippen LogP contribution in [0.5, 0.6) is 0 Å². The maximum Gasteiger partial charge on any atom is 0.236 e. The van der Waals surface area contributed by atoms with Gasteiger partial charge in [0.25, 0.3) is 0 Å². The van der Waals surface area contributed by atoms with Crippen LogP contribution in [-0.2, 0) is 11.3 Å². The van der Waals surface area contributed by atoms with Crippen LogP contribution < -0.4 is 0 Å². The van der Waals surface area contributed by atoms with Crippen molar-refractivity contribution in [3.63, 3.8) is 0 Å². The van der Waals surface area contributed by atoms with Gasteiger partial charge in [0.2, 0.25) is 5.91 Å². The Labute approximate surface area is 115 Å². The predicted molar refractivity (Wildman–Crippen MR) is 75.5 cm³/mol. The van der Waals surface area contributed by atoms with Gasteiger partial charge in [-0.25, -0.2) is 0 Å². The largest absolute Gasteiger partial charge is 0.348 e. The summed E-state index contributed by atoms with van der Waals surface area (Å²) in [5.74, 6) is 0.105. The minimum Gasteiger partial charge on any atom is -0.348 e. The first-order chi connectivity index (χ1) is 8.97. The first-order valence-electron chi connectivity index (χ1n) is 6.40. The van der Waals surface area contributed by atoms with Crippen LogP contribution in [0.2, 0.25) is 0 Å². The van der Waals surface area contributed by atoms with Crippen molar-refractivity contribution in [2.45, 2.75) is 20.4 Å². The van der Waals surface area contributed by atoms with E-state index in [4.69, 9.17) is 5.26 Å². The lowest BCUT2D eigenvalue weighted by molar-refractivity contribution is -0.130. The van der Waals surface area contributed by atoms with Gasteiger partial charge in [0, 0.05) is 20.6 Å². The molecule has 0 fully saturated rings. The molecule has 0 N–H and O–H groups in total. The average molecular weight is 259 g/mol. The van der Waals surface area contributed by atoms with Crippen LogP contribution in [0.15, 0.2) is 18.2 Å². The number of aryl methyl sites for hydroxylation is 1. The van der Waals surface area contributed by atoms with Gasteiger partial charge < -0.3 is 4.90 Å². The average Bonchev–Trinajstić information content (AvgIpc) is 2.39. The number of amides is 1. The topological polar surface area (TPSA) is 47.3 Å². The Hall–Kier alpha value is -1.86. The molecule has 0 atom stereocenters. The molecule has 0 aromatic heterocycles. The Morgan fingerprint density at radius 1 is 1.37 bits per heavy atom. The van der Waals surface area contributed by atoms with Crippen molar-refractivity contribution in [3.05, 3.63) is 34.9 Å². The Kier molecular flexibility index (Phi) is 5.53. The minimum atomic E-state index is 0.105. The maximum absolute atomic E-state index is 11.7. The number of benzene rings is 1. The summed E-state index contributed by atoms with van der Waals surface area (Å²) in [7, 11) is 3.53. The first-order valence-corrected chi connectivity index (χ1v) is 6.40. The van der Waals surface area contributed by atoms with Crippen molar-refractivity contribution in [2.24, 2.45) is 0 Å². The lowest BCUT2D eigenvalue weighted by atomic mass is 10.1. The van der Waals surface area contributed by atoms with Crippen molar-refractivity contribution < 1.29 is 4.79 Å². The smallest absolute Gasteiger partial charge is 0.236 e. The van der Waals surface area contributed by atoms with Gasteiger partial charge in [0.15, 0.2) is 0 Å². The molecule has 0 aliphatic carbocycles. The molecule has 1 aromatic rings. The van der Waals surface area contributed by atoms with E-state index in [-0.39, 0.29) is 5.91 Å². The normalized spacial score (nSPS) is 10.3. The molecule has 19 heavy (non-hydrogen) atoms. The first kappa shape index (κ1) is 15.2. The molecule has 0 unspecified atom stereocenters. The summed E-state index contributed by atoms with van der Waals surface area (Å²) in [5, 5.41) is 8.85. The number of carbonyl (C=O) groups excluding carboxylic acids is 1. The third-order valence-corrected chi connectivity index (χ3v) is 3.17. The molecular formula is C15H21N3O. The fourth-order valence-corrected chi connectivity index (χ4v) is 1.80. The van der Waals surface area contributed by atoms with Crippen molar-refractivity contribution in [2.75, 3.05) is 27.2 Å². The zero-order valence-electron chi connectivity index (χ0n) is 12.1. The van der Waals surface area contributed by atoms with E-state index in [0.29, 0.717) is 12.1 Å². The molecule has 4 nitrogen and oxygen atoms in total. The zero-order valence-corrected chi connectivity index (χ0v) is 12.1. The molecule has 0 aliphatic rings. The van der Waals surface area contributed by atoms with Crippen LogP contribution in [0.4, 0.5) is 0 Å². The highest BCUT2D eigenvalue weighted by molar-refractivity contribution is 5.77. The summed E-state index contributed by atoms with van der Waals surface area (Å²) in [6, 6.07) is 7.81. The SMILES string of the molecule is CCN(CC(=O)N(C)C)Cc1ccc(C#N)cc1C. The van der Waals surface area contributed by atoms with Crippen LogP contribution in [0.3, 0.4) is 0 Å². The highest BCUT2D eigenvalue weighted by Crippen LogP contribution is 2.13. The number of hydrogen-bond acceptors (Lipinski definition) is 3. The fraction of sp³-hybridized carbons (Fsp3) is 0.467. The molecule has 1 amide bonds. The van der Waals surface area contributed by atoms with Crippen LogP contribution in [0, 0.1) is 18.3 Å². The van der Waals surface area contributed by atoms with Gasteiger partial charge >= 0.3 is 0 Å². The quantitative estimate of drug-likeness (QED) is 0.809. The van der Waals surface area contributed by atoms with Crippen LogP contribution in [0.1, 0.15) is 23.6 Å². The standard InChI is InChI=1S/C15H21N3O/c1-5-18(11-15(19)17(3)4)10-14-7-6-13(9-16)8-12(14)2/h6-8H,5,10-11H2,1-4H3. The highest BCUT2D eigenvalue weighted by atomic mass is 16.2. The van der Waals surface area contributed by atoms with Crippen LogP contribution in [-0.4, -0.2) is 42.9 Å². The monoisotopic (exact) mass is 259 g/mol. The number of likely N-dealkylation sites (N-methyl/N-ethyl adjacent to an activating group) is 2.